The molecule has 0 aromatic rings. The quantitative estimate of drug-likeness (QED) is 0.839. The Hall–Kier alpha value is -0.970. The lowest BCUT2D eigenvalue weighted by atomic mass is 9.74. The Labute approximate surface area is 120 Å². The van der Waals surface area contributed by atoms with Gasteiger partial charge in [-0.1, -0.05) is 19.3 Å². The molecular formula is C13H24ClNO4. The molecule has 1 saturated carbocycles. The van der Waals surface area contributed by atoms with Crippen LogP contribution in [-0.4, -0.2) is 29.3 Å². The van der Waals surface area contributed by atoms with Crippen molar-refractivity contribution in [2.24, 2.45) is 5.41 Å². The van der Waals surface area contributed by atoms with Gasteiger partial charge in [-0.3, -0.25) is 4.79 Å². The van der Waals surface area contributed by atoms with Gasteiger partial charge in [-0.15, -0.1) is 12.4 Å². The van der Waals surface area contributed by atoms with Gasteiger partial charge < -0.3 is 15.2 Å². The summed E-state index contributed by atoms with van der Waals surface area (Å²) < 4.78 is 5.11. The molecule has 6 heteroatoms. The van der Waals surface area contributed by atoms with E-state index in [1.54, 1.807) is 20.8 Å². The monoisotopic (exact) mass is 293 g/mol. The zero-order valence-corrected chi connectivity index (χ0v) is 12.6. The van der Waals surface area contributed by atoms with Crippen LogP contribution in [0.3, 0.4) is 0 Å². The van der Waals surface area contributed by atoms with Crippen molar-refractivity contribution >= 4 is 24.5 Å². The van der Waals surface area contributed by atoms with Crippen LogP contribution in [0.2, 0.25) is 0 Å². The lowest BCUT2D eigenvalue weighted by Crippen LogP contribution is -2.45. The van der Waals surface area contributed by atoms with Crippen LogP contribution in [0.15, 0.2) is 0 Å². The Morgan fingerprint density at radius 3 is 2.16 bits per heavy atom. The normalized spacial score (nSPS) is 18.1. The summed E-state index contributed by atoms with van der Waals surface area (Å²) in [6, 6.07) is 0. The van der Waals surface area contributed by atoms with Gasteiger partial charge in [0, 0.05) is 6.54 Å². The number of alkyl carbamates (subject to hydrolysis) is 1. The Bertz CT molecular complexity index is 319. The van der Waals surface area contributed by atoms with E-state index in [0.29, 0.717) is 12.8 Å². The van der Waals surface area contributed by atoms with Gasteiger partial charge in [-0.25, -0.2) is 4.79 Å². The number of amides is 1. The zero-order valence-electron chi connectivity index (χ0n) is 11.8. The Morgan fingerprint density at radius 2 is 1.74 bits per heavy atom. The maximum Gasteiger partial charge on any atom is 0.407 e. The number of carboxylic acids is 1. The average Bonchev–Trinajstić information content (AvgIpc) is 2.25. The minimum absolute atomic E-state index is 0. The van der Waals surface area contributed by atoms with E-state index in [9.17, 15) is 14.7 Å². The lowest BCUT2D eigenvalue weighted by molar-refractivity contribution is -0.150. The molecule has 2 N–H and O–H groups in total. The van der Waals surface area contributed by atoms with E-state index in [0.717, 1.165) is 19.3 Å². The summed E-state index contributed by atoms with van der Waals surface area (Å²) in [5, 5.41) is 11.9. The standard InChI is InChI=1S/C13H23NO4.ClH/c1-12(2,3)18-11(17)14-9-13(10(15)16)7-5-4-6-8-13;/h4-9H2,1-3H3,(H,14,17)(H,15,16);1H. The zero-order chi connectivity index (χ0) is 13.8. The number of carbonyl (C=O) groups is 2. The molecule has 0 spiro atoms. The van der Waals surface area contributed by atoms with Gasteiger partial charge in [0.2, 0.25) is 0 Å². The van der Waals surface area contributed by atoms with Gasteiger partial charge in [0.25, 0.3) is 0 Å². The molecule has 0 unspecified atom stereocenters. The molecular weight excluding hydrogens is 270 g/mol. The number of aliphatic carboxylic acids is 1. The second kappa shape index (κ2) is 6.98. The topological polar surface area (TPSA) is 75.6 Å². The van der Waals surface area contributed by atoms with Gasteiger partial charge in [-0.05, 0) is 33.6 Å². The number of hydrogen-bond donors (Lipinski definition) is 2. The van der Waals surface area contributed by atoms with Gasteiger partial charge in [0.1, 0.15) is 5.60 Å². The van der Waals surface area contributed by atoms with Crippen LogP contribution < -0.4 is 5.32 Å². The second-order valence-electron chi connectivity index (χ2n) is 6.00. The fraction of sp³-hybridized carbons (Fsp3) is 0.846. The number of rotatable bonds is 3. The van der Waals surface area contributed by atoms with Crippen molar-refractivity contribution < 1.29 is 19.4 Å². The van der Waals surface area contributed by atoms with Crippen molar-refractivity contribution in [2.75, 3.05) is 6.54 Å². The van der Waals surface area contributed by atoms with E-state index in [-0.39, 0.29) is 19.0 Å². The Balaban J connectivity index is 0.00000324. The molecule has 0 atom stereocenters. The fourth-order valence-corrected chi connectivity index (χ4v) is 2.25. The van der Waals surface area contributed by atoms with Gasteiger partial charge in [-0.2, -0.15) is 0 Å². The number of nitrogens with one attached hydrogen (secondary N) is 1. The van der Waals surface area contributed by atoms with E-state index in [1.807, 2.05) is 0 Å². The number of ether oxygens (including phenoxy) is 1. The molecule has 1 fully saturated rings. The highest BCUT2D eigenvalue weighted by Crippen LogP contribution is 2.36. The predicted molar refractivity (Wildman–Crippen MR) is 74.6 cm³/mol. The van der Waals surface area contributed by atoms with Gasteiger partial charge >= 0.3 is 12.1 Å². The van der Waals surface area contributed by atoms with E-state index >= 15 is 0 Å². The summed E-state index contributed by atoms with van der Waals surface area (Å²) in [4.78, 5) is 22.9. The molecule has 5 nitrogen and oxygen atoms in total. The van der Waals surface area contributed by atoms with Crippen LogP contribution in [0.4, 0.5) is 4.79 Å². The van der Waals surface area contributed by atoms with Crippen molar-refractivity contribution in [1.29, 1.82) is 0 Å². The first-order valence-corrected chi connectivity index (χ1v) is 6.45. The second-order valence-corrected chi connectivity index (χ2v) is 6.00. The van der Waals surface area contributed by atoms with Crippen LogP contribution in [0.5, 0.6) is 0 Å². The summed E-state index contributed by atoms with van der Waals surface area (Å²) in [7, 11) is 0. The molecule has 0 aromatic heterocycles. The van der Waals surface area contributed by atoms with Crippen molar-refractivity contribution in [3.63, 3.8) is 0 Å². The third kappa shape index (κ3) is 5.68. The molecule has 112 valence electrons. The third-order valence-corrected chi connectivity index (χ3v) is 3.23. The van der Waals surface area contributed by atoms with Gasteiger partial charge in [0.15, 0.2) is 0 Å². The molecule has 1 amide bonds. The van der Waals surface area contributed by atoms with Crippen LogP contribution in [-0.2, 0) is 9.53 Å². The highest BCUT2D eigenvalue weighted by Gasteiger charge is 2.40. The molecule has 1 aliphatic rings. The molecule has 0 radical (unpaired) electrons. The number of carbonyl (C=O) groups excluding carboxylic acids is 1. The Morgan fingerprint density at radius 1 is 1.21 bits per heavy atom. The molecule has 0 saturated heterocycles. The molecule has 0 aliphatic heterocycles. The maximum atomic E-state index is 11.5. The summed E-state index contributed by atoms with van der Waals surface area (Å²) >= 11 is 0. The van der Waals surface area contributed by atoms with Crippen molar-refractivity contribution in [1.82, 2.24) is 5.32 Å². The van der Waals surface area contributed by atoms with E-state index in [4.69, 9.17) is 4.74 Å². The molecule has 1 aliphatic carbocycles. The maximum absolute atomic E-state index is 11.5. The van der Waals surface area contributed by atoms with E-state index < -0.39 is 23.1 Å². The molecule has 1 rings (SSSR count). The average molecular weight is 294 g/mol. The van der Waals surface area contributed by atoms with E-state index in [1.165, 1.54) is 0 Å². The first-order valence-electron chi connectivity index (χ1n) is 6.45. The van der Waals surface area contributed by atoms with Crippen molar-refractivity contribution in [3.05, 3.63) is 0 Å². The number of halogens is 1. The third-order valence-electron chi connectivity index (χ3n) is 3.23. The smallest absolute Gasteiger partial charge is 0.407 e. The summed E-state index contributed by atoms with van der Waals surface area (Å²) in [5.74, 6) is -0.821. The molecule has 0 heterocycles. The van der Waals surface area contributed by atoms with Crippen LogP contribution in [0, 0.1) is 5.41 Å². The lowest BCUT2D eigenvalue weighted by Gasteiger charge is -2.33. The summed E-state index contributed by atoms with van der Waals surface area (Å²) in [6.45, 7) is 5.48. The predicted octanol–water partition coefficient (Wildman–Crippen LogP) is 2.97. The SMILES string of the molecule is CC(C)(C)OC(=O)NCC1(C(=O)O)CCCCC1.Cl. The summed E-state index contributed by atoms with van der Waals surface area (Å²) in [5.41, 5.74) is -1.37. The molecule has 19 heavy (non-hydrogen) atoms. The minimum atomic E-state index is -0.821. The van der Waals surface area contributed by atoms with Crippen LogP contribution in [0.25, 0.3) is 0 Å². The first-order chi connectivity index (χ1) is 8.25. The molecule has 0 aromatic carbocycles. The van der Waals surface area contributed by atoms with Crippen LogP contribution >= 0.6 is 12.4 Å². The first kappa shape index (κ1) is 18.0. The largest absolute Gasteiger partial charge is 0.481 e. The highest BCUT2D eigenvalue weighted by atomic mass is 35.5. The van der Waals surface area contributed by atoms with E-state index in [2.05, 4.69) is 5.32 Å². The van der Waals surface area contributed by atoms with Crippen molar-refractivity contribution in [3.8, 4) is 0 Å². The minimum Gasteiger partial charge on any atom is -0.481 e. The number of hydrogen-bond acceptors (Lipinski definition) is 3. The van der Waals surface area contributed by atoms with Gasteiger partial charge in [0.05, 0.1) is 5.41 Å². The number of carboxylic acid groups (broad SMARTS) is 1. The van der Waals surface area contributed by atoms with Crippen molar-refractivity contribution in [2.45, 2.75) is 58.5 Å². The Kier molecular flexibility index (Phi) is 6.63. The highest BCUT2D eigenvalue weighted by molar-refractivity contribution is 5.85. The fourth-order valence-electron chi connectivity index (χ4n) is 2.25. The van der Waals surface area contributed by atoms with Crippen LogP contribution in [0.1, 0.15) is 52.9 Å². The molecule has 0 bridgehead atoms. The summed E-state index contributed by atoms with van der Waals surface area (Å²) in [6.07, 6.45) is 3.58.